The van der Waals surface area contributed by atoms with Crippen molar-refractivity contribution in [3.63, 3.8) is 0 Å². The van der Waals surface area contributed by atoms with Crippen LogP contribution in [0.15, 0.2) is 0 Å². The predicted octanol–water partition coefficient (Wildman–Crippen LogP) is 0.288. The number of hydrogen-bond acceptors (Lipinski definition) is 4. The van der Waals surface area contributed by atoms with E-state index in [1.807, 2.05) is 0 Å². The van der Waals surface area contributed by atoms with Gasteiger partial charge < -0.3 is 22.9 Å². The fourth-order valence-electron chi connectivity index (χ4n) is 1.98. The van der Waals surface area contributed by atoms with Crippen LogP contribution in [-0.2, 0) is 0 Å². The van der Waals surface area contributed by atoms with E-state index in [0.717, 1.165) is 32.1 Å². The van der Waals surface area contributed by atoms with Crippen LogP contribution in [0.2, 0.25) is 0 Å². The average molecular weight is 216 g/mol. The van der Waals surface area contributed by atoms with Gasteiger partial charge in [0.25, 0.3) is 0 Å². The second-order valence-corrected chi connectivity index (χ2v) is 4.39. The second-order valence-electron chi connectivity index (χ2n) is 4.39. The molecule has 8 N–H and O–H groups in total. The largest absolute Gasteiger partial charge is 0.330 e. The lowest BCUT2D eigenvalue weighted by molar-refractivity contribution is 0.247. The Hall–Kier alpha value is -0.160. The van der Waals surface area contributed by atoms with Crippen molar-refractivity contribution in [2.45, 2.75) is 63.6 Å². The van der Waals surface area contributed by atoms with Crippen LogP contribution in [0.25, 0.3) is 0 Å². The Morgan fingerprint density at radius 1 is 1.00 bits per heavy atom. The molecule has 92 valence electrons. The molecule has 0 radical (unpaired) electrons. The molecule has 0 fully saturated rings. The lowest BCUT2D eigenvalue weighted by atomic mass is 9.78. The lowest BCUT2D eigenvalue weighted by Gasteiger charge is -2.40. The molecular formula is C11H28N4. The Kier molecular flexibility index (Phi) is 7.09. The molecule has 4 nitrogen and oxygen atoms in total. The summed E-state index contributed by atoms with van der Waals surface area (Å²) in [7, 11) is 0. The van der Waals surface area contributed by atoms with E-state index in [9.17, 15) is 0 Å². The highest BCUT2D eigenvalue weighted by Crippen LogP contribution is 2.21. The van der Waals surface area contributed by atoms with E-state index in [2.05, 4.69) is 13.8 Å². The highest BCUT2D eigenvalue weighted by atomic mass is 14.9. The molecule has 0 aliphatic carbocycles. The van der Waals surface area contributed by atoms with Gasteiger partial charge in [0.1, 0.15) is 0 Å². The van der Waals surface area contributed by atoms with Crippen molar-refractivity contribution in [2.75, 3.05) is 6.54 Å². The average Bonchev–Trinajstić information content (AvgIpc) is 2.26. The van der Waals surface area contributed by atoms with Crippen LogP contribution < -0.4 is 22.9 Å². The molecule has 0 rings (SSSR count). The van der Waals surface area contributed by atoms with Crippen molar-refractivity contribution in [3.05, 3.63) is 0 Å². The molecule has 0 aromatic carbocycles. The molecule has 0 amide bonds. The van der Waals surface area contributed by atoms with E-state index < -0.39 is 5.54 Å². The van der Waals surface area contributed by atoms with Crippen LogP contribution in [0.3, 0.4) is 0 Å². The van der Waals surface area contributed by atoms with E-state index in [1.165, 1.54) is 0 Å². The first-order chi connectivity index (χ1) is 7.02. The fraction of sp³-hybridized carbons (Fsp3) is 1.00. The number of unbranched alkanes of at least 4 members (excludes halogenated alkanes) is 1. The van der Waals surface area contributed by atoms with Crippen LogP contribution >= 0.6 is 0 Å². The monoisotopic (exact) mass is 216 g/mol. The van der Waals surface area contributed by atoms with Gasteiger partial charge in [0.2, 0.25) is 0 Å². The van der Waals surface area contributed by atoms with Crippen LogP contribution in [0, 0.1) is 0 Å². The van der Waals surface area contributed by atoms with Gasteiger partial charge in [-0.1, -0.05) is 20.3 Å². The fourth-order valence-corrected chi connectivity index (χ4v) is 1.98. The van der Waals surface area contributed by atoms with E-state index in [-0.39, 0.29) is 12.1 Å². The minimum absolute atomic E-state index is 0.0229. The van der Waals surface area contributed by atoms with Crippen molar-refractivity contribution in [3.8, 4) is 0 Å². The maximum Gasteiger partial charge on any atom is 0.0460 e. The summed E-state index contributed by atoms with van der Waals surface area (Å²) < 4.78 is 0. The molecule has 0 saturated carbocycles. The van der Waals surface area contributed by atoms with E-state index in [1.54, 1.807) is 0 Å². The Bertz CT molecular complexity index is 151. The highest BCUT2D eigenvalue weighted by Gasteiger charge is 2.35. The summed E-state index contributed by atoms with van der Waals surface area (Å²) in [4.78, 5) is 0. The van der Waals surface area contributed by atoms with Gasteiger partial charge in [0.05, 0.1) is 0 Å². The second kappa shape index (κ2) is 7.17. The molecule has 15 heavy (non-hydrogen) atoms. The summed E-state index contributed by atoms with van der Waals surface area (Å²) >= 11 is 0. The first-order valence-electron chi connectivity index (χ1n) is 6.03. The lowest BCUT2D eigenvalue weighted by Crippen LogP contribution is -2.65. The molecule has 0 bridgehead atoms. The van der Waals surface area contributed by atoms with Crippen LogP contribution in [0.4, 0.5) is 0 Å². The summed E-state index contributed by atoms with van der Waals surface area (Å²) in [5, 5.41) is 0. The summed E-state index contributed by atoms with van der Waals surface area (Å²) in [6.45, 7) is 4.81. The van der Waals surface area contributed by atoms with Crippen molar-refractivity contribution < 1.29 is 0 Å². The molecule has 0 aromatic heterocycles. The number of hydrogen-bond donors (Lipinski definition) is 4. The third kappa shape index (κ3) is 4.07. The van der Waals surface area contributed by atoms with Gasteiger partial charge >= 0.3 is 0 Å². The van der Waals surface area contributed by atoms with Gasteiger partial charge in [-0.15, -0.1) is 0 Å². The summed E-state index contributed by atoms with van der Waals surface area (Å²) in [5.41, 5.74) is 23.5. The topological polar surface area (TPSA) is 104 Å². The zero-order valence-electron chi connectivity index (χ0n) is 10.2. The molecule has 0 aliphatic rings. The molecule has 2 unspecified atom stereocenters. The predicted molar refractivity (Wildman–Crippen MR) is 66.4 cm³/mol. The normalized spacial score (nSPS) is 19.6. The van der Waals surface area contributed by atoms with Crippen molar-refractivity contribution >= 4 is 0 Å². The standard InChI is InChI=1S/C11H28N4/c1-3-9(13)11(15,10(14)4-2)7-5-6-8-12/h9-10H,3-8,12-15H2,1-2H3. The van der Waals surface area contributed by atoms with Gasteiger partial charge in [0.15, 0.2) is 0 Å². The molecule has 0 heterocycles. The van der Waals surface area contributed by atoms with E-state index in [0.29, 0.717) is 6.54 Å². The summed E-state index contributed by atoms with van der Waals surface area (Å²) in [5.74, 6) is 0. The maximum absolute atomic E-state index is 6.36. The highest BCUT2D eigenvalue weighted by molar-refractivity contribution is 5.01. The molecule has 0 aliphatic heterocycles. The van der Waals surface area contributed by atoms with E-state index in [4.69, 9.17) is 22.9 Å². The molecule has 2 atom stereocenters. The zero-order chi connectivity index (χ0) is 11.9. The van der Waals surface area contributed by atoms with Gasteiger partial charge in [-0.3, -0.25) is 0 Å². The molecule has 0 saturated heterocycles. The smallest absolute Gasteiger partial charge is 0.0460 e. The molecule has 4 heteroatoms. The number of nitrogens with two attached hydrogens (primary N) is 4. The quantitative estimate of drug-likeness (QED) is 0.438. The Morgan fingerprint density at radius 2 is 1.47 bits per heavy atom. The first-order valence-corrected chi connectivity index (χ1v) is 6.03. The van der Waals surface area contributed by atoms with Gasteiger partial charge in [-0.25, -0.2) is 0 Å². The summed E-state index contributed by atoms with van der Waals surface area (Å²) in [6.07, 6.45) is 4.61. The van der Waals surface area contributed by atoms with Crippen LogP contribution in [0.5, 0.6) is 0 Å². The van der Waals surface area contributed by atoms with Crippen molar-refractivity contribution in [1.29, 1.82) is 0 Å². The summed E-state index contributed by atoms with van der Waals surface area (Å²) in [6, 6.07) is -0.0459. The third-order valence-electron chi connectivity index (χ3n) is 3.32. The van der Waals surface area contributed by atoms with E-state index >= 15 is 0 Å². The Labute approximate surface area is 93.7 Å². The zero-order valence-corrected chi connectivity index (χ0v) is 10.2. The van der Waals surface area contributed by atoms with Gasteiger partial charge in [0, 0.05) is 17.6 Å². The van der Waals surface area contributed by atoms with Crippen molar-refractivity contribution in [2.24, 2.45) is 22.9 Å². The van der Waals surface area contributed by atoms with Gasteiger partial charge in [-0.2, -0.15) is 0 Å². The van der Waals surface area contributed by atoms with Crippen LogP contribution in [0.1, 0.15) is 46.0 Å². The Morgan fingerprint density at radius 3 is 1.80 bits per heavy atom. The molecule has 0 spiro atoms. The number of rotatable bonds is 8. The molecule has 0 aromatic rings. The first kappa shape index (κ1) is 14.8. The third-order valence-corrected chi connectivity index (χ3v) is 3.32. The Balaban J connectivity index is 4.40. The minimum atomic E-state index is -0.432. The SMILES string of the molecule is CCC(N)C(N)(CCCCN)C(N)CC. The molecular weight excluding hydrogens is 188 g/mol. The minimum Gasteiger partial charge on any atom is -0.330 e. The van der Waals surface area contributed by atoms with Crippen LogP contribution in [-0.4, -0.2) is 24.2 Å². The van der Waals surface area contributed by atoms with Gasteiger partial charge in [-0.05, 0) is 32.2 Å². The van der Waals surface area contributed by atoms with Crippen molar-refractivity contribution in [1.82, 2.24) is 0 Å². The maximum atomic E-state index is 6.36.